The predicted molar refractivity (Wildman–Crippen MR) is 121 cm³/mol. The lowest BCUT2D eigenvalue weighted by Crippen LogP contribution is -2.43. The Bertz CT molecular complexity index is 961. The molecule has 1 atom stereocenters. The summed E-state index contributed by atoms with van der Waals surface area (Å²) in [4.78, 5) is 24.9. The van der Waals surface area contributed by atoms with E-state index in [0.29, 0.717) is 5.56 Å². The Morgan fingerprint density at radius 1 is 0.800 bits per heavy atom. The Balaban J connectivity index is 1.65. The molecule has 0 saturated carbocycles. The lowest BCUT2D eigenvalue weighted by atomic mass is 9.86. The molecule has 2 amide bonds. The van der Waals surface area contributed by atoms with Crippen molar-refractivity contribution in [1.82, 2.24) is 10.6 Å². The molecular formula is C26H28N2O2. The molecule has 1 unspecified atom stereocenters. The van der Waals surface area contributed by atoms with Crippen LogP contribution in [-0.2, 0) is 4.79 Å². The van der Waals surface area contributed by atoms with Crippen LogP contribution in [0.25, 0.3) is 0 Å². The average Bonchev–Trinajstić information content (AvgIpc) is 2.75. The minimum absolute atomic E-state index is 0.0202. The minimum atomic E-state index is -0.247. The number of carbonyl (C=O) groups excluding carboxylic acids is 2. The van der Waals surface area contributed by atoms with E-state index in [1.807, 2.05) is 69.3 Å². The van der Waals surface area contributed by atoms with E-state index in [4.69, 9.17) is 0 Å². The molecule has 0 spiro atoms. The van der Waals surface area contributed by atoms with Crippen LogP contribution in [0.15, 0.2) is 78.9 Å². The van der Waals surface area contributed by atoms with E-state index >= 15 is 0 Å². The molecular weight excluding hydrogens is 372 g/mol. The van der Waals surface area contributed by atoms with Crippen LogP contribution in [0.2, 0.25) is 0 Å². The van der Waals surface area contributed by atoms with E-state index in [1.54, 1.807) is 6.07 Å². The minimum Gasteiger partial charge on any atom is -0.351 e. The first-order chi connectivity index (χ1) is 14.5. The van der Waals surface area contributed by atoms with Crippen LogP contribution in [0.5, 0.6) is 0 Å². The van der Waals surface area contributed by atoms with Gasteiger partial charge in [-0.3, -0.25) is 9.59 Å². The van der Waals surface area contributed by atoms with Crippen molar-refractivity contribution in [3.05, 3.63) is 107 Å². The van der Waals surface area contributed by atoms with Crippen molar-refractivity contribution in [2.45, 2.75) is 32.7 Å². The van der Waals surface area contributed by atoms with Crippen LogP contribution in [0, 0.1) is 13.8 Å². The van der Waals surface area contributed by atoms with Crippen molar-refractivity contribution in [1.29, 1.82) is 0 Å². The third-order valence-corrected chi connectivity index (χ3v) is 5.38. The molecule has 0 aliphatic carbocycles. The molecule has 154 valence electrons. The zero-order valence-corrected chi connectivity index (χ0v) is 17.7. The monoisotopic (exact) mass is 400 g/mol. The van der Waals surface area contributed by atoms with Crippen molar-refractivity contribution >= 4 is 11.8 Å². The molecule has 4 nitrogen and oxygen atoms in total. The first-order valence-corrected chi connectivity index (χ1v) is 10.2. The van der Waals surface area contributed by atoms with E-state index in [1.165, 1.54) is 0 Å². The van der Waals surface area contributed by atoms with E-state index in [2.05, 4.69) is 34.9 Å². The highest BCUT2D eigenvalue weighted by Crippen LogP contribution is 2.27. The lowest BCUT2D eigenvalue weighted by Gasteiger charge is -2.26. The molecule has 0 heterocycles. The third kappa shape index (κ3) is 5.35. The molecule has 0 fully saturated rings. The first-order valence-electron chi connectivity index (χ1n) is 10.2. The van der Waals surface area contributed by atoms with Gasteiger partial charge in [-0.15, -0.1) is 0 Å². The Morgan fingerprint density at radius 3 is 1.90 bits per heavy atom. The summed E-state index contributed by atoms with van der Waals surface area (Å²) in [6.07, 6.45) is 0. The smallest absolute Gasteiger partial charge is 0.251 e. The van der Waals surface area contributed by atoms with Crippen LogP contribution < -0.4 is 10.6 Å². The maximum absolute atomic E-state index is 12.6. The highest BCUT2D eigenvalue weighted by Gasteiger charge is 2.23. The fraction of sp³-hybridized carbons (Fsp3) is 0.231. The molecule has 3 rings (SSSR count). The SMILES string of the molecule is Cc1ccc(C(=O)NCC(=O)NC(C)C(c2ccccc2)c2ccccc2)cc1C. The Morgan fingerprint density at radius 2 is 1.37 bits per heavy atom. The summed E-state index contributed by atoms with van der Waals surface area (Å²) in [7, 11) is 0. The highest BCUT2D eigenvalue weighted by atomic mass is 16.2. The maximum Gasteiger partial charge on any atom is 0.251 e. The van der Waals surface area contributed by atoms with Crippen LogP contribution in [0.4, 0.5) is 0 Å². The van der Waals surface area contributed by atoms with Gasteiger partial charge in [-0.25, -0.2) is 0 Å². The van der Waals surface area contributed by atoms with Gasteiger partial charge >= 0.3 is 0 Å². The van der Waals surface area contributed by atoms with Gasteiger partial charge in [-0.2, -0.15) is 0 Å². The van der Waals surface area contributed by atoms with Crippen LogP contribution in [0.1, 0.15) is 45.5 Å². The Kier molecular flexibility index (Phi) is 7.02. The molecule has 0 bridgehead atoms. The second-order valence-corrected chi connectivity index (χ2v) is 7.64. The Labute approximate surface area is 178 Å². The van der Waals surface area contributed by atoms with Gasteiger partial charge in [0, 0.05) is 17.5 Å². The second kappa shape index (κ2) is 9.88. The Hall–Kier alpha value is -3.40. The fourth-order valence-corrected chi connectivity index (χ4v) is 3.62. The summed E-state index contributed by atoms with van der Waals surface area (Å²) in [6.45, 7) is 5.90. The zero-order valence-electron chi connectivity index (χ0n) is 17.7. The third-order valence-electron chi connectivity index (χ3n) is 5.38. The largest absolute Gasteiger partial charge is 0.351 e. The topological polar surface area (TPSA) is 58.2 Å². The van der Waals surface area contributed by atoms with E-state index in [0.717, 1.165) is 22.3 Å². The molecule has 30 heavy (non-hydrogen) atoms. The zero-order chi connectivity index (χ0) is 21.5. The van der Waals surface area contributed by atoms with E-state index < -0.39 is 0 Å². The van der Waals surface area contributed by atoms with Gasteiger partial charge in [0.2, 0.25) is 5.91 Å². The number of aryl methyl sites for hydroxylation is 2. The number of hydrogen-bond acceptors (Lipinski definition) is 2. The molecule has 0 aliphatic rings. The predicted octanol–water partition coefficient (Wildman–Crippen LogP) is 4.37. The molecule has 0 aliphatic heterocycles. The number of carbonyl (C=O) groups is 2. The van der Waals surface area contributed by atoms with Crippen molar-refractivity contribution in [2.75, 3.05) is 6.54 Å². The molecule has 3 aromatic rings. The summed E-state index contributed by atoms with van der Waals surface area (Å²) in [6, 6.07) is 25.7. The van der Waals surface area contributed by atoms with Crippen LogP contribution in [0.3, 0.4) is 0 Å². The van der Waals surface area contributed by atoms with Gasteiger partial charge in [0.1, 0.15) is 0 Å². The fourth-order valence-electron chi connectivity index (χ4n) is 3.62. The molecule has 4 heteroatoms. The number of hydrogen-bond donors (Lipinski definition) is 2. The van der Waals surface area contributed by atoms with Gasteiger partial charge in [0.15, 0.2) is 0 Å². The van der Waals surface area contributed by atoms with Crippen molar-refractivity contribution in [3.8, 4) is 0 Å². The van der Waals surface area contributed by atoms with Crippen LogP contribution >= 0.6 is 0 Å². The van der Waals surface area contributed by atoms with Gasteiger partial charge in [-0.1, -0.05) is 66.7 Å². The van der Waals surface area contributed by atoms with Crippen molar-refractivity contribution in [3.63, 3.8) is 0 Å². The summed E-state index contributed by atoms with van der Waals surface area (Å²) < 4.78 is 0. The summed E-state index contributed by atoms with van der Waals surface area (Å²) >= 11 is 0. The standard InChI is InChI=1S/C26H28N2O2/c1-18-14-15-23(16-19(18)2)26(30)27-17-24(29)28-20(3)25(21-10-6-4-7-11-21)22-12-8-5-9-13-22/h4-16,20,25H,17H2,1-3H3,(H,27,30)(H,28,29). The van der Waals surface area contributed by atoms with Crippen molar-refractivity contribution in [2.24, 2.45) is 0 Å². The van der Waals surface area contributed by atoms with Gasteiger partial charge in [0.25, 0.3) is 5.91 Å². The van der Waals surface area contributed by atoms with E-state index in [-0.39, 0.29) is 30.3 Å². The van der Waals surface area contributed by atoms with Gasteiger partial charge in [0.05, 0.1) is 6.54 Å². The normalized spacial score (nSPS) is 11.7. The quantitative estimate of drug-likeness (QED) is 0.619. The number of nitrogens with one attached hydrogen (secondary N) is 2. The second-order valence-electron chi connectivity index (χ2n) is 7.64. The number of rotatable bonds is 7. The molecule has 0 radical (unpaired) electrons. The van der Waals surface area contributed by atoms with Gasteiger partial charge in [-0.05, 0) is 55.2 Å². The summed E-state index contributed by atoms with van der Waals surface area (Å²) in [5, 5.41) is 5.77. The van der Waals surface area contributed by atoms with E-state index in [9.17, 15) is 9.59 Å². The summed E-state index contributed by atoms with van der Waals surface area (Å²) in [5.41, 5.74) is 5.01. The number of amides is 2. The maximum atomic E-state index is 12.6. The average molecular weight is 401 g/mol. The first kappa shape index (κ1) is 21.3. The highest BCUT2D eigenvalue weighted by molar-refractivity contribution is 5.96. The van der Waals surface area contributed by atoms with Crippen molar-refractivity contribution < 1.29 is 9.59 Å². The van der Waals surface area contributed by atoms with Gasteiger partial charge < -0.3 is 10.6 Å². The van der Waals surface area contributed by atoms with Crippen LogP contribution in [-0.4, -0.2) is 24.4 Å². The molecule has 0 aromatic heterocycles. The lowest BCUT2D eigenvalue weighted by molar-refractivity contribution is -0.120. The molecule has 3 aromatic carbocycles. The molecule has 2 N–H and O–H groups in total. The summed E-state index contributed by atoms with van der Waals surface area (Å²) in [5.74, 6) is -0.438. The molecule has 0 saturated heterocycles. The number of benzene rings is 3.